The fourth-order valence-corrected chi connectivity index (χ4v) is 2.75. The third-order valence-electron chi connectivity index (χ3n) is 3.13. The molecule has 0 radical (unpaired) electrons. The summed E-state index contributed by atoms with van der Waals surface area (Å²) in [5.74, 6) is 0.901. The van der Waals surface area contributed by atoms with E-state index in [0.717, 1.165) is 24.0 Å². The third kappa shape index (κ3) is 2.68. The zero-order chi connectivity index (χ0) is 10.9. The summed E-state index contributed by atoms with van der Waals surface area (Å²) in [6, 6.07) is 0. The van der Waals surface area contributed by atoms with E-state index < -0.39 is 0 Å². The topological polar surface area (TPSA) is 29.0 Å². The lowest BCUT2D eigenvalue weighted by atomic mass is 9.85. The Labute approximate surface area is 95.7 Å². The minimum Gasteiger partial charge on any atom is -0.347 e. The van der Waals surface area contributed by atoms with E-state index in [4.69, 9.17) is 0 Å². The summed E-state index contributed by atoms with van der Waals surface area (Å²) in [7, 11) is 0. The van der Waals surface area contributed by atoms with Crippen molar-refractivity contribution < 1.29 is 0 Å². The van der Waals surface area contributed by atoms with E-state index in [1.165, 1.54) is 30.8 Å². The van der Waals surface area contributed by atoms with E-state index in [1.807, 2.05) is 6.92 Å². The summed E-state index contributed by atoms with van der Waals surface area (Å²) in [5, 5.41) is 1.10. The monoisotopic (exact) mass is 225 g/mol. The molecule has 0 atom stereocenters. The van der Waals surface area contributed by atoms with Gasteiger partial charge in [-0.05, 0) is 31.6 Å². The lowest BCUT2D eigenvalue weighted by Gasteiger charge is -2.22. The SMILES string of the molecule is Cc1nsc(N2CCCC(C)(C)CC2)n1. The minimum absolute atomic E-state index is 0.495. The van der Waals surface area contributed by atoms with Gasteiger partial charge in [0.05, 0.1) is 0 Å². The van der Waals surface area contributed by atoms with Gasteiger partial charge in [0, 0.05) is 24.6 Å². The molecule has 84 valence electrons. The van der Waals surface area contributed by atoms with Gasteiger partial charge in [0.2, 0.25) is 5.13 Å². The molecule has 0 unspecified atom stereocenters. The Bertz CT molecular complexity index is 332. The molecule has 4 heteroatoms. The maximum absolute atomic E-state index is 4.46. The van der Waals surface area contributed by atoms with Crippen molar-refractivity contribution in [2.24, 2.45) is 5.41 Å². The Morgan fingerprint density at radius 2 is 2.07 bits per heavy atom. The van der Waals surface area contributed by atoms with Gasteiger partial charge in [0.15, 0.2) is 0 Å². The molecule has 2 heterocycles. The summed E-state index contributed by atoms with van der Waals surface area (Å²) in [5.41, 5.74) is 0.495. The molecule has 1 aliphatic heterocycles. The molecule has 1 aromatic rings. The van der Waals surface area contributed by atoms with Crippen LogP contribution < -0.4 is 4.90 Å². The molecule has 0 amide bonds. The zero-order valence-corrected chi connectivity index (χ0v) is 10.6. The molecule has 1 saturated heterocycles. The van der Waals surface area contributed by atoms with Gasteiger partial charge in [-0.1, -0.05) is 13.8 Å². The quantitative estimate of drug-likeness (QED) is 0.736. The maximum Gasteiger partial charge on any atom is 0.205 e. The first-order valence-electron chi connectivity index (χ1n) is 5.62. The number of anilines is 1. The van der Waals surface area contributed by atoms with Gasteiger partial charge in [-0.3, -0.25) is 0 Å². The Morgan fingerprint density at radius 1 is 1.27 bits per heavy atom. The van der Waals surface area contributed by atoms with E-state index in [2.05, 4.69) is 28.1 Å². The molecule has 0 bridgehead atoms. The van der Waals surface area contributed by atoms with E-state index in [0.29, 0.717) is 5.41 Å². The van der Waals surface area contributed by atoms with Crippen LogP contribution in [0.2, 0.25) is 0 Å². The van der Waals surface area contributed by atoms with Crippen molar-refractivity contribution in [1.82, 2.24) is 9.36 Å². The molecule has 1 aliphatic rings. The molecular formula is C11H19N3S. The number of hydrogen-bond donors (Lipinski definition) is 0. The van der Waals surface area contributed by atoms with Crippen molar-refractivity contribution in [3.05, 3.63) is 5.82 Å². The molecule has 15 heavy (non-hydrogen) atoms. The molecule has 1 fully saturated rings. The van der Waals surface area contributed by atoms with Crippen LogP contribution in [0.25, 0.3) is 0 Å². The summed E-state index contributed by atoms with van der Waals surface area (Å²) in [4.78, 5) is 6.85. The highest BCUT2D eigenvalue weighted by Gasteiger charge is 2.24. The molecule has 0 spiro atoms. The first kappa shape index (κ1) is 10.9. The van der Waals surface area contributed by atoms with Gasteiger partial charge in [-0.15, -0.1) is 0 Å². The lowest BCUT2D eigenvalue weighted by Crippen LogP contribution is -2.24. The standard InChI is InChI=1S/C11H19N3S/c1-9-12-10(15-13-9)14-7-4-5-11(2,3)6-8-14/h4-8H2,1-3H3. The first-order chi connectivity index (χ1) is 7.07. The van der Waals surface area contributed by atoms with Crippen molar-refractivity contribution in [2.75, 3.05) is 18.0 Å². The lowest BCUT2D eigenvalue weighted by molar-refractivity contribution is 0.325. The predicted molar refractivity (Wildman–Crippen MR) is 64.5 cm³/mol. The largest absolute Gasteiger partial charge is 0.347 e. The van der Waals surface area contributed by atoms with Crippen LogP contribution in [-0.4, -0.2) is 22.4 Å². The van der Waals surface area contributed by atoms with Crippen molar-refractivity contribution in [2.45, 2.75) is 40.0 Å². The van der Waals surface area contributed by atoms with Crippen LogP contribution in [0, 0.1) is 12.3 Å². The number of rotatable bonds is 1. The van der Waals surface area contributed by atoms with Gasteiger partial charge in [0.25, 0.3) is 0 Å². The molecule has 0 aromatic carbocycles. The van der Waals surface area contributed by atoms with Gasteiger partial charge in [0.1, 0.15) is 5.82 Å². The van der Waals surface area contributed by atoms with Gasteiger partial charge in [-0.2, -0.15) is 4.37 Å². The van der Waals surface area contributed by atoms with Gasteiger partial charge in [-0.25, -0.2) is 4.98 Å². The number of aromatic nitrogens is 2. The van der Waals surface area contributed by atoms with Crippen LogP contribution in [0.15, 0.2) is 0 Å². The third-order valence-corrected chi connectivity index (χ3v) is 4.00. The van der Waals surface area contributed by atoms with Crippen LogP contribution in [0.3, 0.4) is 0 Å². The van der Waals surface area contributed by atoms with Crippen LogP contribution in [-0.2, 0) is 0 Å². The second-order valence-electron chi connectivity index (χ2n) is 5.13. The van der Waals surface area contributed by atoms with Crippen LogP contribution in [0.1, 0.15) is 38.9 Å². The molecule has 0 saturated carbocycles. The minimum atomic E-state index is 0.495. The van der Waals surface area contributed by atoms with Gasteiger partial charge >= 0.3 is 0 Å². The summed E-state index contributed by atoms with van der Waals surface area (Å²) in [6.45, 7) is 8.95. The number of aryl methyl sites for hydroxylation is 1. The van der Waals surface area contributed by atoms with Crippen LogP contribution in [0.5, 0.6) is 0 Å². The second-order valence-corrected chi connectivity index (χ2v) is 5.86. The first-order valence-corrected chi connectivity index (χ1v) is 6.39. The highest BCUT2D eigenvalue weighted by atomic mass is 32.1. The van der Waals surface area contributed by atoms with E-state index in [1.54, 1.807) is 0 Å². The Balaban J connectivity index is 2.05. The summed E-state index contributed by atoms with van der Waals surface area (Å²) in [6.07, 6.45) is 3.85. The van der Waals surface area contributed by atoms with Crippen LogP contribution >= 0.6 is 11.5 Å². The van der Waals surface area contributed by atoms with Crippen molar-refractivity contribution in [1.29, 1.82) is 0 Å². The van der Waals surface area contributed by atoms with Crippen molar-refractivity contribution in [3.8, 4) is 0 Å². The van der Waals surface area contributed by atoms with Crippen molar-refractivity contribution in [3.63, 3.8) is 0 Å². The van der Waals surface area contributed by atoms with Crippen molar-refractivity contribution >= 4 is 16.7 Å². The Hall–Kier alpha value is -0.640. The van der Waals surface area contributed by atoms with Gasteiger partial charge < -0.3 is 4.90 Å². The molecule has 0 aliphatic carbocycles. The molecule has 2 rings (SSSR count). The fraction of sp³-hybridized carbons (Fsp3) is 0.818. The molecular weight excluding hydrogens is 206 g/mol. The second kappa shape index (κ2) is 4.08. The normalized spacial score (nSPS) is 21.4. The maximum atomic E-state index is 4.46. The highest BCUT2D eigenvalue weighted by molar-refractivity contribution is 7.09. The van der Waals surface area contributed by atoms with E-state index >= 15 is 0 Å². The highest BCUT2D eigenvalue weighted by Crippen LogP contribution is 2.31. The number of nitrogens with zero attached hydrogens (tertiary/aromatic N) is 3. The average Bonchev–Trinajstić information content (AvgIpc) is 2.49. The zero-order valence-electron chi connectivity index (χ0n) is 9.79. The number of hydrogen-bond acceptors (Lipinski definition) is 4. The molecule has 0 N–H and O–H groups in total. The molecule has 1 aromatic heterocycles. The smallest absolute Gasteiger partial charge is 0.205 e. The summed E-state index contributed by atoms with van der Waals surface area (Å²) < 4.78 is 4.25. The Morgan fingerprint density at radius 3 is 2.73 bits per heavy atom. The summed E-state index contributed by atoms with van der Waals surface area (Å²) >= 11 is 1.53. The fourth-order valence-electron chi connectivity index (χ4n) is 2.03. The Kier molecular flexibility index (Phi) is 2.96. The average molecular weight is 225 g/mol. The molecule has 3 nitrogen and oxygen atoms in total. The van der Waals surface area contributed by atoms with E-state index in [9.17, 15) is 0 Å². The van der Waals surface area contributed by atoms with E-state index in [-0.39, 0.29) is 0 Å². The van der Waals surface area contributed by atoms with Crippen LogP contribution in [0.4, 0.5) is 5.13 Å². The predicted octanol–water partition coefficient (Wildman–Crippen LogP) is 2.86.